The molecule has 4 N–H and O–H groups in total. The van der Waals surface area contributed by atoms with Crippen molar-refractivity contribution in [2.45, 2.75) is 65.1 Å². The van der Waals surface area contributed by atoms with Crippen LogP contribution in [0.25, 0.3) is 0 Å². The fourth-order valence-corrected chi connectivity index (χ4v) is 3.01. The molecule has 0 radical (unpaired) electrons. The van der Waals surface area contributed by atoms with Gasteiger partial charge in [0.2, 0.25) is 23.6 Å². The molecule has 0 saturated heterocycles. The third kappa shape index (κ3) is 24.2. The maximum absolute atomic E-state index is 11.5. The topological polar surface area (TPSA) is 222 Å². The van der Waals surface area contributed by atoms with E-state index in [4.69, 9.17) is 0 Å². The quantitative estimate of drug-likeness (QED) is 0.0615. The zero-order chi connectivity index (χ0) is 36.2. The summed E-state index contributed by atoms with van der Waals surface area (Å²) < 4.78 is 18.0. The van der Waals surface area contributed by atoms with Gasteiger partial charge in [0, 0.05) is 27.7 Å². The largest absolute Gasteiger partial charge is 0.467 e. The van der Waals surface area contributed by atoms with Crippen LogP contribution in [0.3, 0.4) is 0 Å². The van der Waals surface area contributed by atoms with E-state index < -0.39 is 42.0 Å². The number of hydrogen-bond acceptors (Lipinski definition) is 12. The van der Waals surface area contributed by atoms with Crippen LogP contribution < -0.4 is 21.3 Å². The van der Waals surface area contributed by atoms with Gasteiger partial charge in [-0.25, -0.2) is 19.2 Å². The van der Waals surface area contributed by atoms with Crippen LogP contribution >= 0.6 is 0 Å². The first kappa shape index (κ1) is 45.2. The van der Waals surface area contributed by atoms with Crippen molar-refractivity contribution in [1.82, 2.24) is 21.3 Å². The molecule has 0 rings (SSSR count). The minimum Gasteiger partial charge on any atom is -0.467 e. The first-order valence-corrected chi connectivity index (χ1v) is 13.5. The lowest BCUT2D eigenvalue weighted by molar-refractivity contribution is -0.145. The van der Waals surface area contributed by atoms with Crippen LogP contribution in [0.15, 0.2) is 49.2 Å². The molecule has 0 bridgehead atoms. The Labute approximate surface area is 269 Å². The fraction of sp³-hybridized carbons (Fsp3) is 0.467. The van der Waals surface area contributed by atoms with Crippen LogP contribution in [0, 0.1) is 0 Å². The normalized spacial score (nSPS) is 12.0. The number of esters is 4. The SMILES string of the molecule is C=C/C=C(\NC(C)=O)C(=O)OC.C=CC[C@H](NC(C)=O)C(=O)OC.COC(=O)[C@H](CC=CC[C@H](NC(C)=O)C(=O)OC)NC(C)=O. The van der Waals surface area contributed by atoms with E-state index in [9.17, 15) is 38.4 Å². The third-order valence-electron chi connectivity index (χ3n) is 4.90. The Morgan fingerprint density at radius 1 is 0.565 bits per heavy atom. The molecular formula is C30H46N4O12. The van der Waals surface area contributed by atoms with Gasteiger partial charge in [0.15, 0.2) is 0 Å². The summed E-state index contributed by atoms with van der Waals surface area (Å²) in [6.45, 7) is 12.1. The first-order chi connectivity index (χ1) is 21.5. The highest BCUT2D eigenvalue weighted by atomic mass is 16.5. The second-order valence-corrected chi connectivity index (χ2v) is 8.78. The van der Waals surface area contributed by atoms with Gasteiger partial charge in [-0.05, 0) is 25.3 Å². The van der Waals surface area contributed by atoms with Crippen molar-refractivity contribution in [1.29, 1.82) is 0 Å². The van der Waals surface area contributed by atoms with E-state index in [2.05, 4.69) is 53.4 Å². The molecule has 16 heteroatoms. The number of carbonyl (C=O) groups is 8. The number of allylic oxidation sites excluding steroid dienone is 2. The molecule has 16 nitrogen and oxygen atoms in total. The molecule has 4 amide bonds. The van der Waals surface area contributed by atoms with Crippen LogP contribution in [0.4, 0.5) is 0 Å². The van der Waals surface area contributed by atoms with Gasteiger partial charge < -0.3 is 40.2 Å². The number of rotatable bonds is 15. The van der Waals surface area contributed by atoms with Gasteiger partial charge in [0.05, 0.1) is 28.4 Å². The Balaban J connectivity index is -0.000000654. The van der Waals surface area contributed by atoms with Gasteiger partial charge in [-0.1, -0.05) is 30.9 Å². The molecule has 0 fully saturated rings. The van der Waals surface area contributed by atoms with Gasteiger partial charge in [-0.3, -0.25) is 19.2 Å². The van der Waals surface area contributed by atoms with E-state index in [0.717, 1.165) is 0 Å². The van der Waals surface area contributed by atoms with Crippen LogP contribution in [-0.2, 0) is 57.3 Å². The smallest absolute Gasteiger partial charge is 0.354 e. The number of ether oxygens (including phenoxy) is 4. The lowest BCUT2D eigenvalue weighted by atomic mass is 10.1. The Morgan fingerprint density at radius 3 is 1.15 bits per heavy atom. The Bertz CT molecular complexity index is 1090. The standard InChI is InChI=1S/C14H22N2O6.C8H13NO3.C8H11NO3/c1-9(17)15-11(13(19)21-3)7-5-6-8-12(14(20)22-4)16-10(2)18;2*1-4-5-7(8(11)12-3)9-6(2)10/h5-6,11-12H,7-8H2,1-4H3,(H,15,17)(H,16,18);4,7H,1,5H2,2-3H3,(H,9,10);4-5H,1H2,2-3H3,(H,9,10)/b;;7-5-/t11-,12-;7-;/m00./s1. The summed E-state index contributed by atoms with van der Waals surface area (Å²) in [5.41, 5.74) is 0.0833. The van der Waals surface area contributed by atoms with Gasteiger partial charge in [-0.15, -0.1) is 6.58 Å². The molecule has 0 saturated carbocycles. The van der Waals surface area contributed by atoms with Crippen LogP contribution in [0.5, 0.6) is 0 Å². The minimum absolute atomic E-state index is 0.0833. The predicted molar refractivity (Wildman–Crippen MR) is 166 cm³/mol. The van der Waals surface area contributed by atoms with E-state index in [0.29, 0.717) is 6.42 Å². The second-order valence-electron chi connectivity index (χ2n) is 8.78. The number of carbonyl (C=O) groups excluding carboxylic acids is 8. The van der Waals surface area contributed by atoms with Crippen LogP contribution in [0.2, 0.25) is 0 Å². The predicted octanol–water partition coefficient (Wildman–Crippen LogP) is 0.284. The zero-order valence-corrected chi connectivity index (χ0v) is 27.6. The maximum Gasteiger partial charge on any atom is 0.354 e. The number of hydrogen-bond donors (Lipinski definition) is 4. The van der Waals surface area contributed by atoms with Gasteiger partial charge in [-0.2, -0.15) is 0 Å². The lowest BCUT2D eigenvalue weighted by Crippen LogP contribution is -2.40. The number of nitrogens with one attached hydrogen (secondary N) is 4. The van der Waals surface area contributed by atoms with Crippen molar-refractivity contribution in [2.75, 3.05) is 28.4 Å². The van der Waals surface area contributed by atoms with E-state index in [-0.39, 0.29) is 42.2 Å². The molecule has 0 aliphatic rings. The number of amides is 4. The van der Waals surface area contributed by atoms with E-state index in [1.54, 1.807) is 18.2 Å². The Morgan fingerprint density at radius 2 is 0.913 bits per heavy atom. The molecule has 0 aromatic rings. The first-order valence-electron chi connectivity index (χ1n) is 13.5. The molecule has 0 heterocycles. The summed E-state index contributed by atoms with van der Waals surface area (Å²) >= 11 is 0. The van der Waals surface area contributed by atoms with Crippen molar-refractivity contribution in [3.63, 3.8) is 0 Å². The zero-order valence-electron chi connectivity index (χ0n) is 27.6. The lowest BCUT2D eigenvalue weighted by Gasteiger charge is -2.14. The molecule has 0 aromatic heterocycles. The minimum atomic E-state index is -0.795. The molecule has 0 aromatic carbocycles. The second kappa shape index (κ2) is 27.3. The van der Waals surface area contributed by atoms with Crippen LogP contribution in [-0.4, -0.2) is 94.1 Å². The monoisotopic (exact) mass is 654 g/mol. The molecule has 3 atom stereocenters. The Kier molecular flexibility index (Phi) is 26.8. The van der Waals surface area contributed by atoms with Crippen molar-refractivity contribution in [2.24, 2.45) is 0 Å². The summed E-state index contributed by atoms with van der Waals surface area (Å²) in [6, 6.07) is -2.20. The van der Waals surface area contributed by atoms with Crippen molar-refractivity contribution >= 4 is 47.5 Å². The third-order valence-corrected chi connectivity index (χ3v) is 4.90. The van der Waals surface area contributed by atoms with E-state index in [1.165, 1.54) is 68.3 Å². The average molecular weight is 655 g/mol. The molecule has 0 aliphatic carbocycles. The van der Waals surface area contributed by atoms with Crippen molar-refractivity contribution in [3.05, 3.63) is 49.2 Å². The maximum atomic E-state index is 11.5. The highest BCUT2D eigenvalue weighted by Crippen LogP contribution is 2.02. The van der Waals surface area contributed by atoms with Gasteiger partial charge in [0.25, 0.3) is 0 Å². The summed E-state index contributed by atoms with van der Waals surface area (Å²) in [5, 5.41) is 9.67. The van der Waals surface area contributed by atoms with E-state index >= 15 is 0 Å². The van der Waals surface area contributed by atoms with Crippen molar-refractivity contribution in [3.8, 4) is 0 Å². The summed E-state index contributed by atoms with van der Waals surface area (Å²) in [5.74, 6) is -3.46. The van der Waals surface area contributed by atoms with E-state index in [1.807, 2.05) is 0 Å². The highest BCUT2D eigenvalue weighted by molar-refractivity contribution is 5.93. The van der Waals surface area contributed by atoms with Crippen molar-refractivity contribution < 1.29 is 57.3 Å². The average Bonchev–Trinajstić information content (AvgIpc) is 2.99. The van der Waals surface area contributed by atoms with Gasteiger partial charge in [0.1, 0.15) is 23.8 Å². The Hall–Kier alpha value is -5.28. The molecule has 0 unspecified atom stereocenters. The molecule has 258 valence electrons. The molecule has 0 spiro atoms. The number of methoxy groups -OCH3 is 4. The summed E-state index contributed by atoms with van der Waals surface area (Å²) in [6.07, 6.45) is 8.35. The summed E-state index contributed by atoms with van der Waals surface area (Å²) in [4.78, 5) is 88.0. The molecule has 46 heavy (non-hydrogen) atoms. The molecule has 0 aliphatic heterocycles. The molecular weight excluding hydrogens is 608 g/mol. The summed E-state index contributed by atoms with van der Waals surface area (Å²) in [7, 11) is 4.97. The van der Waals surface area contributed by atoms with Crippen LogP contribution in [0.1, 0.15) is 47.0 Å². The fourth-order valence-electron chi connectivity index (χ4n) is 3.01. The highest BCUT2D eigenvalue weighted by Gasteiger charge is 2.20. The van der Waals surface area contributed by atoms with Gasteiger partial charge >= 0.3 is 23.9 Å².